The molecular weight excluding hydrogens is 290 g/mol. The molecule has 0 aromatic heterocycles. The number of hydrogen-bond acceptors (Lipinski definition) is 3. The van der Waals surface area contributed by atoms with Gasteiger partial charge in [0.15, 0.2) is 0 Å². The summed E-state index contributed by atoms with van der Waals surface area (Å²) in [4.78, 5) is 12.2. The predicted octanol–water partition coefficient (Wildman–Crippen LogP) is 2.57. The summed E-state index contributed by atoms with van der Waals surface area (Å²) in [6.45, 7) is 1.49. The van der Waals surface area contributed by atoms with E-state index in [4.69, 9.17) is 9.47 Å². The fraction of sp³-hybridized carbons (Fsp3) is 0.632. The number of nitrogens with one attached hydrogen (secondary N) is 1. The summed E-state index contributed by atoms with van der Waals surface area (Å²) in [6.07, 6.45) is 5.00. The van der Waals surface area contributed by atoms with Gasteiger partial charge in [-0.2, -0.15) is 0 Å². The van der Waals surface area contributed by atoms with Gasteiger partial charge in [-0.15, -0.1) is 0 Å². The second kappa shape index (κ2) is 7.93. The first-order valence-corrected chi connectivity index (χ1v) is 8.73. The summed E-state index contributed by atoms with van der Waals surface area (Å²) in [5.41, 5.74) is 1.35. The van der Waals surface area contributed by atoms with Gasteiger partial charge in [0.2, 0.25) is 5.91 Å². The lowest BCUT2D eigenvalue weighted by molar-refractivity contribution is -0.129. The standard InChI is InChI=1S/C19H27NO3/c1-22-13-16-18(15-11-12-23-19(15)16)20-17(21)10-6-5-9-14-7-3-2-4-8-14/h2-4,7-8,15-16,18-19H,5-6,9-13H2,1H3,(H,20,21)/t15-,16+,18+,19-/m1/s1. The number of carbonyl (C=O) groups is 1. The number of ether oxygens (including phenoxy) is 2. The molecule has 0 radical (unpaired) electrons. The van der Waals surface area contributed by atoms with Crippen molar-refractivity contribution in [1.82, 2.24) is 5.32 Å². The number of aryl methyl sites for hydroxylation is 1. The van der Waals surface area contributed by atoms with Gasteiger partial charge in [-0.25, -0.2) is 0 Å². The quantitative estimate of drug-likeness (QED) is 0.750. The Bertz CT molecular complexity index is 505. The van der Waals surface area contributed by atoms with Crippen LogP contribution in [0.15, 0.2) is 30.3 Å². The van der Waals surface area contributed by atoms with Gasteiger partial charge in [0.05, 0.1) is 12.7 Å². The third-order valence-corrected chi connectivity index (χ3v) is 5.18. The van der Waals surface area contributed by atoms with Crippen molar-refractivity contribution in [3.63, 3.8) is 0 Å². The Morgan fingerprint density at radius 1 is 1.30 bits per heavy atom. The maximum absolute atomic E-state index is 12.2. The predicted molar refractivity (Wildman–Crippen MR) is 89.1 cm³/mol. The minimum absolute atomic E-state index is 0.175. The van der Waals surface area contributed by atoms with Gasteiger partial charge in [-0.05, 0) is 31.2 Å². The van der Waals surface area contributed by atoms with E-state index in [1.807, 2.05) is 6.07 Å². The third-order valence-electron chi connectivity index (χ3n) is 5.18. The lowest BCUT2D eigenvalue weighted by Gasteiger charge is -2.47. The maximum atomic E-state index is 12.2. The van der Waals surface area contributed by atoms with E-state index in [1.54, 1.807) is 7.11 Å². The molecule has 4 heteroatoms. The third kappa shape index (κ3) is 3.93. The molecule has 1 saturated heterocycles. The molecule has 23 heavy (non-hydrogen) atoms. The highest BCUT2D eigenvalue weighted by Crippen LogP contribution is 2.43. The Morgan fingerprint density at radius 3 is 2.91 bits per heavy atom. The number of unbranched alkanes of at least 4 members (excludes halogenated alkanes) is 1. The zero-order chi connectivity index (χ0) is 16.1. The van der Waals surface area contributed by atoms with Crippen LogP contribution in [0.4, 0.5) is 0 Å². The van der Waals surface area contributed by atoms with E-state index in [2.05, 4.69) is 29.6 Å². The molecule has 1 heterocycles. The minimum Gasteiger partial charge on any atom is -0.384 e. The summed E-state index contributed by atoms with van der Waals surface area (Å²) in [6, 6.07) is 10.7. The number of methoxy groups -OCH3 is 1. The molecule has 2 fully saturated rings. The maximum Gasteiger partial charge on any atom is 0.220 e. The lowest BCUT2D eigenvalue weighted by Crippen LogP contribution is -2.62. The minimum atomic E-state index is 0.175. The van der Waals surface area contributed by atoms with E-state index in [1.165, 1.54) is 5.56 Å². The van der Waals surface area contributed by atoms with Crippen molar-refractivity contribution in [2.24, 2.45) is 11.8 Å². The Hall–Kier alpha value is -1.39. The summed E-state index contributed by atoms with van der Waals surface area (Å²) in [5, 5.41) is 3.22. The molecule has 1 amide bonds. The van der Waals surface area contributed by atoms with Crippen molar-refractivity contribution in [3.8, 4) is 0 Å². The van der Waals surface area contributed by atoms with Crippen molar-refractivity contribution < 1.29 is 14.3 Å². The SMILES string of the molecule is COC[C@H]1[C@@H](NC(=O)CCCCc2ccccc2)[C@H]2CCO[C@H]21. The van der Waals surface area contributed by atoms with Crippen molar-refractivity contribution in [3.05, 3.63) is 35.9 Å². The van der Waals surface area contributed by atoms with Crippen LogP contribution in [0.5, 0.6) is 0 Å². The molecule has 0 unspecified atom stereocenters. The lowest BCUT2D eigenvalue weighted by atomic mass is 9.67. The molecule has 1 aromatic carbocycles. The number of fused-ring (bicyclic) bond motifs is 1. The first kappa shape index (κ1) is 16.5. The fourth-order valence-corrected chi connectivity index (χ4v) is 3.95. The zero-order valence-electron chi connectivity index (χ0n) is 13.9. The topological polar surface area (TPSA) is 47.6 Å². The van der Waals surface area contributed by atoms with Gasteiger partial charge >= 0.3 is 0 Å². The van der Waals surface area contributed by atoms with Crippen LogP contribution >= 0.6 is 0 Å². The number of amides is 1. The molecule has 0 spiro atoms. The van der Waals surface area contributed by atoms with Crippen LogP contribution in [-0.4, -0.2) is 38.4 Å². The van der Waals surface area contributed by atoms with Crippen LogP contribution in [-0.2, 0) is 20.7 Å². The van der Waals surface area contributed by atoms with Crippen LogP contribution in [0, 0.1) is 11.8 Å². The van der Waals surface area contributed by atoms with E-state index in [-0.39, 0.29) is 11.9 Å². The summed E-state index contributed by atoms with van der Waals surface area (Å²) in [5.74, 6) is 0.985. The smallest absolute Gasteiger partial charge is 0.220 e. The van der Waals surface area contributed by atoms with Crippen molar-refractivity contribution in [2.45, 2.75) is 44.2 Å². The second-order valence-corrected chi connectivity index (χ2v) is 6.69. The monoisotopic (exact) mass is 317 g/mol. The highest BCUT2D eigenvalue weighted by molar-refractivity contribution is 5.76. The zero-order valence-corrected chi connectivity index (χ0v) is 13.9. The number of carbonyl (C=O) groups excluding carboxylic acids is 1. The van der Waals surface area contributed by atoms with Gasteiger partial charge in [-0.3, -0.25) is 4.79 Å². The fourth-order valence-electron chi connectivity index (χ4n) is 3.95. The highest BCUT2D eigenvalue weighted by atomic mass is 16.5. The molecule has 0 bridgehead atoms. The second-order valence-electron chi connectivity index (χ2n) is 6.69. The van der Waals surface area contributed by atoms with Gasteiger partial charge < -0.3 is 14.8 Å². The number of hydrogen-bond donors (Lipinski definition) is 1. The van der Waals surface area contributed by atoms with Crippen LogP contribution in [0.3, 0.4) is 0 Å². The molecule has 1 N–H and O–H groups in total. The van der Waals surface area contributed by atoms with Crippen LogP contribution in [0.2, 0.25) is 0 Å². The molecule has 1 saturated carbocycles. The molecule has 1 aromatic rings. The van der Waals surface area contributed by atoms with Crippen LogP contribution in [0.1, 0.15) is 31.2 Å². The first-order valence-electron chi connectivity index (χ1n) is 8.73. The highest BCUT2D eigenvalue weighted by Gasteiger charge is 2.54. The van der Waals surface area contributed by atoms with Gasteiger partial charge in [-0.1, -0.05) is 30.3 Å². The molecule has 4 nitrogen and oxygen atoms in total. The Kier molecular flexibility index (Phi) is 5.68. The van der Waals surface area contributed by atoms with Crippen molar-refractivity contribution in [1.29, 1.82) is 0 Å². The average Bonchev–Trinajstić information content (AvgIpc) is 3.00. The Morgan fingerprint density at radius 2 is 2.13 bits per heavy atom. The van der Waals surface area contributed by atoms with Crippen LogP contribution < -0.4 is 5.32 Å². The molecule has 4 atom stereocenters. The van der Waals surface area contributed by atoms with Gasteiger partial charge in [0, 0.05) is 38.0 Å². The van der Waals surface area contributed by atoms with E-state index >= 15 is 0 Å². The van der Waals surface area contributed by atoms with E-state index in [0.29, 0.717) is 31.0 Å². The van der Waals surface area contributed by atoms with Gasteiger partial charge in [0.1, 0.15) is 0 Å². The van der Waals surface area contributed by atoms with E-state index < -0.39 is 0 Å². The average molecular weight is 317 g/mol. The van der Waals surface area contributed by atoms with E-state index in [9.17, 15) is 4.79 Å². The summed E-state index contributed by atoms with van der Waals surface area (Å²) >= 11 is 0. The molecule has 1 aliphatic carbocycles. The molecule has 126 valence electrons. The largest absolute Gasteiger partial charge is 0.384 e. The normalized spacial score (nSPS) is 28.9. The number of benzene rings is 1. The molecule has 2 aliphatic rings. The number of rotatable bonds is 8. The molecule has 1 aliphatic heterocycles. The van der Waals surface area contributed by atoms with Gasteiger partial charge in [0.25, 0.3) is 0 Å². The van der Waals surface area contributed by atoms with Crippen LogP contribution in [0.25, 0.3) is 0 Å². The van der Waals surface area contributed by atoms with Crippen molar-refractivity contribution in [2.75, 3.05) is 20.3 Å². The molecular formula is C19H27NO3. The first-order chi connectivity index (χ1) is 11.3. The van der Waals surface area contributed by atoms with E-state index in [0.717, 1.165) is 32.3 Å². The Balaban J connectivity index is 1.37. The summed E-state index contributed by atoms with van der Waals surface area (Å²) < 4.78 is 11.0. The summed E-state index contributed by atoms with van der Waals surface area (Å²) in [7, 11) is 1.71. The molecule has 3 rings (SSSR count). The van der Waals surface area contributed by atoms with Crippen molar-refractivity contribution >= 4 is 5.91 Å². The Labute approximate surface area is 138 Å².